The topological polar surface area (TPSA) is 49.3 Å². The molecule has 0 bridgehead atoms. The van der Waals surface area contributed by atoms with Crippen LogP contribution in [0, 0.1) is 5.92 Å². The lowest BCUT2D eigenvalue weighted by Gasteiger charge is -2.18. The number of carbonyl (C=O) groups is 1. The Morgan fingerprint density at radius 3 is 2.71 bits per heavy atom. The van der Waals surface area contributed by atoms with Crippen molar-refractivity contribution < 1.29 is 9.90 Å². The molecule has 2 N–H and O–H groups in total. The van der Waals surface area contributed by atoms with Crippen LogP contribution in [-0.4, -0.2) is 17.1 Å². The lowest BCUT2D eigenvalue weighted by atomic mass is 10.0. The monoisotopic (exact) mass is 233 g/mol. The molecule has 0 saturated heterocycles. The molecule has 2 unspecified atom stereocenters. The lowest BCUT2D eigenvalue weighted by molar-refractivity contribution is -0.141. The molecule has 1 heterocycles. The molecule has 14 heavy (non-hydrogen) atoms. The van der Waals surface area contributed by atoms with E-state index in [0.29, 0.717) is 4.34 Å². The Balaban J connectivity index is 2.61. The average Bonchev–Trinajstić information content (AvgIpc) is 2.50. The van der Waals surface area contributed by atoms with Crippen LogP contribution in [0.3, 0.4) is 0 Å². The largest absolute Gasteiger partial charge is 0.481 e. The molecule has 0 aliphatic heterocycles. The summed E-state index contributed by atoms with van der Waals surface area (Å²) in [7, 11) is 0. The average molecular weight is 234 g/mol. The summed E-state index contributed by atoms with van der Waals surface area (Å²) in [6.45, 7) is 3.49. The van der Waals surface area contributed by atoms with E-state index in [1.165, 1.54) is 11.3 Å². The first kappa shape index (κ1) is 11.3. The van der Waals surface area contributed by atoms with E-state index in [2.05, 4.69) is 5.32 Å². The van der Waals surface area contributed by atoms with E-state index >= 15 is 0 Å². The fourth-order valence-corrected chi connectivity index (χ4v) is 1.83. The molecule has 0 aromatic carbocycles. The van der Waals surface area contributed by atoms with Crippen molar-refractivity contribution in [3.8, 4) is 0 Å². The van der Waals surface area contributed by atoms with Crippen molar-refractivity contribution >= 4 is 34.6 Å². The van der Waals surface area contributed by atoms with Crippen molar-refractivity contribution in [1.82, 2.24) is 0 Å². The van der Waals surface area contributed by atoms with Crippen LogP contribution < -0.4 is 5.32 Å². The smallest absolute Gasteiger partial charge is 0.308 e. The van der Waals surface area contributed by atoms with Gasteiger partial charge in [-0.3, -0.25) is 4.79 Å². The molecule has 1 aromatic heterocycles. The van der Waals surface area contributed by atoms with Gasteiger partial charge in [0.05, 0.1) is 11.6 Å². The number of rotatable bonds is 4. The number of carboxylic acids is 1. The molecule has 2 atom stereocenters. The van der Waals surface area contributed by atoms with Crippen molar-refractivity contribution in [3.63, 3.8) is 0 Å². The number of halogens is 1. The fourth-order valence-electron chi connectivity index (χ4n) is 0.980. The van der Waals surface area contributed by atoms with Crippen LogP contribution in [0.2, 0.25) is 4.34 Å². The Hall–Kier alpha value is -0.740. The molecular weight excluding hydrogens is 222 g/mol. The molecule has 0 aliphatic rings. The standard InChI is InChI=1S/C9H12ClNO2S/c1-5(9(12)13)6(2)11-7-3-4-14-8(7)10/h3-6,11H,1-2H3,(H,12,13). The van der Waals surface area contributed by atoms with Gasteiger partial charge in [0.25, 0.3) is 0 Å². The van der Waals surface area contributed by atoms with E-state index in [1.54, 1.807) is 6.92 Å². The van der Waals surface area contributed by atoms with Gasteiger partial charge in [-0.2, -0.15) is 0 Å². The summed E-state index contributed by atoms with van der Waals surface area (Å²) in [5, 5.41) is 13.7. The van der Waals surface area contributed by atoms with E-state index in [4.69, 9.17) is 16.7 Å². The molecule has 78 valence electrons. The predicted octanol–water partition coefficient (Wildman–Crippen LogP) is 2.92. The number of aliphatic carboxylic acids is 1. The Morgan fingerprint density at radius 2 is 2.29 bits per heavy atom. The minimum Gasteiger partial charge on any atom is -0.481 e. The summed E-state index contributed by atoms with van der Waals surface area (Å²) in [5.41, 5.74) is 0.803. The van der Waals surface area contributed by atoms with Gasteiger partial charge in [0.15, 0.2) is 0 Å². The van der Waals surface area contributed by atoms with Crippen molar-refractivity contribution in [3.05, 3.63) is 15.8 Å². The highest BCUT2D eigenvalue weighted by atomic mass is 35.5. The number of nitrogens with one attached hydrogen (secondary N) is 1. The molecule has 0 radical (unpaired) electrons. The second kappa shape index (κ2) is 4.66. The van der Waals surface area contributed by atoms with Crippen molar-refractivity contribution in [1.29, 1.82) is 0 Å². The number of thiophene rings is 1. The second-order valence-electron chi connectivity index (χ2n) is 3.17. The first-order valence-electron chi connectivity index (χ1n) is 4.24. The molecule has 0 saturated carbocycles. The molecule has 0 fully saturated rings. The normalized spacial score (nSPS) is 14.8. The minimum atomic E-state index is -0.809. The minimum absolute atomic E-state index is 0.139. The molecule has 0 amide bonds. The summed E-state index contributed by atoms with van der Waals surface area (Å²) < 4.78 is 0.662. The van der Waals surface area contributed by atoms with E-state index in [-0.39, 0.29) is 6.04 Å². The van der Waals surface area contributed by atoms with Crippen LogP contribution in [-0.2, 0) is 4.79 Å². The highest BCUT2D eigenvalue weighted by Gasteiger charge is 2.19. The van der Waals surface area contributed by atoms with E-state index in [0.717, 1.165) is 5.69 Å². The van der Waals surface area contributed by atoms with Crippen LogP contribution in [0.5, 0.6) is 0 Å². The van der Waals surface area contributed by atoms with Gasteiger partial charge in [-0.1, -0.05) is 11.6 Å². The summed E-state index contributed by atoms with van der Waals surface area (Å²) in [4.78, 5) is 10.7. The Kier molecular flexibility index (Phi) is 3.77. The maximum atomic E-state index is 10.7. The van der Waals surface area contributed by atoms with Gasteiger partial charge in [-0.25, -0.2) is 0 Å². The van der Waals surface area contributed by atoms with Gasteiger partial charge in [0.1, 0.15) is 4.34 Å². The summed E-state index contributed by atoms with van der Waals surface area (Å²) in [6, 6.07) is 1.71. The van der Waals surface area contributed by atoms with Crippen LogP contribution in [0.4, 0.5) is 5.69 Å². The van der Waals surface area contributed by atoms with Crippen LogP contribution in [0.25, 0.3) is 0 Å². The zero-order valence-electron chi connectivity index (χ0n) is 7.95. The van der Waals surface area contributed by atoms with Gasteiger partial charge in [0, 0.05) is 6.04 Å². The van der Waals surface area contributed by atoms with Crippen molar-refractivity contribution in [2.24, 2.45) is 5.92 Å². The van der Waals surface area contributed by atoms with Crippen molar-refractivity contribution in [2.75, 3.05) is 5.32 Å². The van der Waals surface area contributed by atoms with Crippen molar-refractivity contribution in [2.45, 2.75) is 19.9 Å². The Bertz CT molecular complexity index is 326. The highest BCUT2D eigenvalue weighted by Crippen LogP contribution is 2.28. The molecule has 0 spiro atoms. The predicted molar refractivity (Wildman–Crippen MR) is 59.2 cm³/mol. The van der Waals surface area contributed by atoms with E-state index < -0.39 is 11.9 Å². The molecule has 1 aromatic rings. The summed E-state index contributed by atoms with van der Waals surface area (Å²) in [5.74, 6) is -1.25. The molecule has 5 heteroatoms. The number of anilines is 1. The number of hydrogen-bond acceptors (Lipinski definition) is 3. The third kappa shape index (κ3) is 2.62. The van der Waals surface area contributed by atoms with Gasteiger partial charge in [0.2, 0.25) is 0 Å². The Labute approximate surface area is 91.7 Å². The first-order chi connectivity index (χ1) is 6.52. The zero-order chi connectivity index (χ0) is 10.7. The summed E-state index contributed by atoms with van der Waals surface area (Å²) in [6.07, 6.45) is 0. The van der Waals surface area contributed by atoms with Gasteiger partial charge in [-0.05, 0) is 25.3 Å². The highest BCUT2D eigenvalue weighted by molar-refractivity contribution is 7.15. The van der Waals surface area contributed by atoms with Gasteiger partial charge in [-0.15, -0.1) is 11.3 Å². The van der Waals surface area contributed by atoms with E-state index in [1.807, 2.05) is 18.4 Å². The third-order valence-corrected chi connectivity index (χ3v) is 3.31. The van der Waals surface area contributed by atoms with E-state index in [9.17, 15) is 4.79 Å². The molecule has 3 nitrogen and oxygen atoms in total. The molecule has 1 rings (SSSR count). The Morgan fingerprint density at radius 1 is 1.64 bits per heavy atom. The zero-order valence-corrected chi connectivity index (χ0v) is 9.52. The second-order valence-corrected chi connectivity index (χ2v) is 4.69. The van der Waals surface area contributed by atoms with Gasteiger partial charge < -0.3 is 10.4 Å². The number of hydrogen-bond donors (Lipinski definition) is 2. The number of carboxylic acid groups (broad SMARTS) is 1. The van der Waals surface area contributed by atoms with Crippen LogP contribution >= 0.6 is 22.9 Å². The fraction of sp³-hybridized carbons (Fsp3) is 0.444. The van der Waals surface area contributed by atoms with Gasteiger partial charge >= 0.3 is 5.97 Å². The van der Waals surface area contributed by atoms with Crippen LogP contribution in [0.15, 0.2) is 11.4 Å². The lowest BCUT2D eigenvalue weighted by Crippen LogP contribution is -2.29. The quantitative estimate of drug-likeness (QED) is 0.841. The SMILES string of the molecule is CC(Nc1ccsc1Cl)C(C)C(=O)O. The maximum absolute atomic E-state index is 10.7. The summed E-state index contributed by atoms with van der Waals surface area (Å²) >= 11 is 7.30. The third-order valence-electron chi connectivity index (χ3n) is 2.14. The molecular formula is C9H12ClNO2S. The maximum Gasteiger partial charge on any atom is 0.308 e. The van der Waals surface area contributed by atoms with Crippen LogP contribution in [0.1, 0.15) is 13.8 Å². The molecule has 0 aliphatic carbocycles. The first-order valence-corrected chi connectivity index (χ1v) is 5.50.